The molecule has 6 rings (SSSR count). The van der Waals surface area contributed by atoms with Crippen LogP contribution < -0.4 is 0 Å². The molecule has 0 spiro atoms. The van der Waals surface area contributed by atoms with E-state index in [-0.39, 0.29) is 39.7 Å². The summed E-state index contributed by atoms with van der Waals surface area (Å²) in [5, 5.41) is 0. The first-order chi connectivity index (χ1) is 15.3. The third-order valence-electron chi connectivity index (χ3n) is 13.5. The number of esters is 1. The van der Waals surface area contributed by atoms with E-state index in [2.05, 4.69) is 48.1 Å². The highest BCUT2D eigenvalue weighted by Gasteiger charge is 2.72. The van der Waals surface area contributed by atoms with Gasteiger partial charge in [-0.25, -0.2) is 4.79 Å². The van der Waals surface area contributed by atoms with Crippen molar-refractivity contribution in [1.82, 2.24) is 0 Å². The number of carbonyl (C=O) groups excluding carboxylic acids is 2. The van der Waals surface area contributed by atoms with Gasteiger partial charge < -0.3 is 4.74 Å². The molecule has 1 heterocycles. The van der Waals surface area contributed by atoms with E-state index in [9.17, 15) is 9.59 Å². The third kappa shape index (κ3) is 2.43. The second-order valence-corrected chi connectivity index (χ2v) is 14.7. The van der Waals surface area contributed by atoms with Gasteiger partial charge in [-0.1, -0.05) is 48.1 Å². The zero-order valence-electron chi connectivity index (χ0n) is 21.8. The average molecular weight is 453 g/mol. The topological polar surface area (TPSA) is 43.4 Å². The van der Waals surface area contributed by atoms with Gasteiger partial charge in [0, 0.05) is 23.3 Å². The first kappa shape index (κ1) is 22.4. The average Bonchev–Trinajstić information content (AvgIpc) is 3.17. The molecule has 0 aromatic carbocycles. The lowest BCUT2D eigenvalue weighted by molar-refractivity contribution is -0.232. The maximum Gasteiger partial charge on any atom is 0.334 e. The van der Waals surface area contributed by atoms with E-state index in [4.69, 9.17) is 4.74 Å². The van der Waals surface area contributed by atoms with Crippen LogP contribution in [0.15, 0.2) is 12.2 Å². The van der Waals surface area contributed by atoms with Crippen molar-refractivity contribution in [2.75, 3.05) is 0 Å². The van der Waals surface area contributed by atoms with Crippen molar-refractivity contribution >= 4 is 11.8 Å². The van der Waals surface area contributed by atoms with Crippen LogP contribution in [0.4, 0.5) is 0 Å². The lowest BCUT2D eigenvalue weighted by Crippen LogP contribution is -2.66. The molecule has 0 bridgehead atoms. The second-order valence-electron chi connectivity index (χ2n) is 14.7. The summed E-state index contributed by atoms with van der Waals surface area (Å²) in [6.45, 7) is 19.0. The van der Waals surface area contributed by atoms with E-state index in [1.54, 1.807) is 0 Å². The third-order valence-corrected chi connectivity index (χ3v) is 13.5. The van der Waals surface area contributed by atoms with Crippen LogP contribution in [-0.2, 0) is 14.3 Å². The molecular formula is C30H44O3. The largest absolute Gasteiger partial charge is 0.458 e. The summed E-state index contributed by atoms with van der Waals surface area (Å²) in [7, 11) is 0. The zero-order valence-corrected chi connectivity index (χ0v) is 21.8. The Hall–Kier alpha value is -1.12. The summed E-state index contributed by atoms with van der Waals surface area (Å²) in [6.07, 6.45) is 10.4. The summed E-state index contributed by atoms with van der Waals surface area (Å²) in [4.78, 5) is 25.4. The van der Waals surface area contributed by atoms with Crippen LogP contribution in [0.1, 0.15) is 99.3 Å². The summed E-state index contributed by atoms with van der Waals surface area (Å²) in [5.74, 6) is 2.93. The van der Waals surface area contributed by atoms with Crippen molar-refractivity contribution in [3.8, 4) is 0 Å². The fourth-order valence-electron chi connectivity index (χ4n) is 11.7. The van der Waals surface area contributed by atoms with Crippen LogP contribution in [0.3, 0.4) is 0 Å². The molecule has 1 aliphatic heterocycles. The van der Waals surface area contributed by atoms with Crippen LogP contribution >= 0.6 is 0 Å². The Labute approximate surface area is 200 Å². The van der Waals surface area contributed by atoms with Gasteiger partial charge in [0.1, 0.15) is 11.9 Å². The van der Waals surface area contributed by atoms with Gasteiger partial charge in [0.05, 0.1) is 0 Å². The van der Waals surface area contributed by atoms with E-state index < -0.39 is 0 Å². The van der Waals surface area contributed by atoms with Gasteiger partial charge in [-0.3, -0.25) is 4.79 Å². The standard InChI is InChI=1S/C30H44O3/c1-17-23-19(33-25(17)32)16-27(4)14-15-29(6)18(24(23)27)8-9-21-28(5)12-11-22(31)26(2,3)20(28)10-13-30(21,29)7/h18-21,23-24H,1,8-16H2,2-7H3/t18-,19-,20+,21-,23-,24+,27+,28+,29-,30-/m1/s1. The molecule has 1 saturated heterocycles. The minimum atomic E-state index is -0.185. The normalized spacial score (nSPS) is 56.8. The molecule has 10 atom stereocenters. The van der Waals surface area contributed by atoms with Crippen molar-refractivity contribution in [3.63, 3.8) is 0 Å². The number of ether oxygens (including phenoxy) is 1. The van der Waals surface area contributed by atoms with Gasteiger partial charge in [0.2, 0.25) is 0 Å². The summed E-state index contributed by atoms with van der Waals surface area (Å²) in [6, 6.07) is 0. The molecule has 0 aromatic rings. The molecule has 0 aromatic heterocycles. The fourth-order valence-corrected chi connectivity index (χ4v) is 11.7. The summed E-state index contributed by atoms with van der Waals surface area (Å²) >= 11 is 0. The van der Waals surface area contributed by atoms with Crippen molar-refractivity contribution in [3.05, 3.63) is 12.2 Å². The maximum atomic E-state index is 12.9. The van der Waals surface area contributed by atoms with Gasteiger partial charge in [-0.15, -0.1) is 0 Å². The monoisotopic (exact) mass is 452 g/mol. The SMILES string of the molecule is C=C1C(=O)O[C@@H]2C[C@]3(C)CC[C@]4(C)[C@H](CC[C@@H]5[C@@]6(C)CCC(=O)C(C)(C)[C@@H]6CC[C@]54C)[C@H]3[C@H]12. The number of fused-ring (bicyclic) bond motifs is 9. The van der Waals surface area contributed by atoms with Gasteiger partial charge in [-0.05, 0) is 96.7 Å². The van der Waals surface area contributed by atoms with Crippen molar-refractivity contribution in [1.29, 1.82) is 0 Å². The molecule has 6 aliphatic rings. The molecular weight excluding hydrogens is 408 g/mol. The lowest BCUT2D eigenvalue weighted by atomic mass is 9.32. The minimum absolute atomic E-state index is 0.0614. The van der Waals surface area contributed by atoms with Crippen LogP contribution in [-0.4, -0.2) is 17.9 Å². The zero-order chi connectivity index (χ0) is 23.8. The summed E-state index contributed by atoms with van der Waals surface area (Å²) < 4.78 is 5.85. The van der Waals surface area contributed by atoms with Gasteiger partial charge in [-0.2, -0.15) is 0 Å². The molecule has 0 N–H and O–H groups in total. The Morgan fingerprint density at radius 2 is 1.58 bits per heavy atom. The van der Waals surface area contributed by atoms with E-state index in [1.165, 1.54) is 38.5 Å². The molecule has 182 valence electrons. The first-order valence-electron chi connectivity index (χ1n) is 13.7. The van der Waals surface area contributed by atoms with E-state index in [1.807, 2.05) is 0 Å². The van der Waals surface area contributed by atoms with Crippen molar-refractivity contribution < 1.29 is 14.3 Å². The molecule has 33 heavy (non-hydrogen) atoms. The molecule has 6 fully saturated rings. The Balaban J connectivity index is 1.40. The highest BCUT2D eigenvalue weighted by Crippen LogP contribution is 2.77. The van der Waals surface area contributed by atoms with Crippen LogP contribution in [0.5, 0.6) is 0 Å². The fraction of sp³-hybridized carbons (Fsp3) is 0.867. The Morgan fingerprint density at radius 1 is 0.848 bits per heavy atom. The number of hydrogen-bond acceptors (Lipinski definition) is 3. The highest BCUT2D eigenvalue weighted by atomic mass is 16.6. The Bertz CT molecular complexity index is 948. The number of hydrogen-bond donors (Lipinski definition) is 0. The second kappa shape index (κ2) is 6.35. The van der Waals surface area contributed by atoms with Gasteiger partial charge in [0.15, 0.2) is 0 Å². The van der Waals surface area contributed by atoms with Gasteiger partial charge >= 0.3 is 5.97 Å². The van der Waals surface area contributed by atoms with Crippen molar-refractivity contribution in [2.45, 2.75) is 105 Å². The van der Waals surface area contributed by atoms with Crippen LogP contribution in [0, 0.1) is 56.7 Å². The number of carbonyl (C=O) groups is 2. The molecule has 5 saturated carbocycles. The quantitative estimate of drug-likeness (QED) is 0.302. The van der Waals surface area contributed by atoms with Crippen LogP contribution in [0.25, 0.3) is 0 Å². The molecule has 3 nitrogen and oxygen atoms in total. The smallest absolute Gasteiger partial charge is 0.334 e. The predicted octanol–water partition coefficient (Wildman–Crippen LogP) is 6.75. The maximum absolute atomic E-state index is 12.9. The summed E-state index contributed by atoms with van der Waals surface area (Å²) in [5.41, 5.74) is 1.67. The van der Waals surface area contributed by atoms with Crippen LogP contribution in [0.2, 0.25) is 0 Å². The predicted molar refractivity (Wildman–Crippen MR) is 129 cm³/mol. The number of rotatable bonds is 0. The highest BCUT2D eigenvalue weighted by molar-refractivity contribution is 5.91. The number of ketones is 1. The molecule has 5 aliphatic carbocycles. The van der Waals surface area contributed by atoms with Gasteiger partial charge in [0.25, 0.3) is 0 Å². The van der Waals surface area contributed by atoms with E-state index in [0.29, 0.717) is 34.9 Å². The molecule has 0 amide bonds. The number of Topliss-reactive ketones (excluding diaryl/α,β-unsaturated/α-hetero) is 1. The minimum Gasteiger partial charge on any atom is -0.458 e. The Morgan fingerprint density at radius 3 is 2.30 bits per heavy atom. The molecule has 0 unspecified atom stereocenters. The van der Waals surface area contributed by atoms with E-state index >= 15 is 0 Å². The molecule has 3 heteroatoms. The first-order valence-corrected chi connectivity index (χ1v) is 13.7. The Kier molecular flexibility index (Phi) is 4.30. The van der Waals surface area contributed by atoms with E-state index in [0.717, 1.165) is 24.8 Å². The lowest BCUT2D eigenvalue weighted by Gasteiger charge is -2.72. The van der Waals surface area contributed by atoms with Crippen molar-refractivity contribution in [2.24, 2.45) is 56.7 Å². The molecule has 0 radical (unpaired) electrons.